The van der Waals surface area contributed by atoms with Crippen LogP contribution < -0.4 is 4.74 Å². The number of benzene rings is 1. The molecule has 0 unspecified atom stereocenters. The molecule has 0 atom stereocenters. The zero-order valence-electron chi connectivity index (χ0n) is 9.59. The molecule has 1 heterocycles. The lowest BCUT2D eigenvalue weighted by atomic mass is 10.3. The highest BCUT2D eigenvalue weighted by Gasteiger charge is 1.99. The molecule has 0 fully saturated rings. The fraction of sp³-hybridized carbons (Fsp3) is 0.0714. The molecule has 0 N–H and O–H groups in total. The van der Waals surface area contributed by atoms with E-state index in [0.29, 0.717) is 5.75 Å². The Morgan fingerprint density at radius 2 is 2.06 bits per heavy atom. The molecule has 0 saturated heterocycles. The summed E-state index contributed by atoms with van der Waals surface area (Å²) in [7, 11) is 0. The summed E-state index contributed by atoms with van der Waals surface area (Å²) in [4.78, 5) is 4.32. The summed E-state index contributed by atoms with van der Waals surface area (Å²) in [6.45, 7) is 5.42. The lowest BCUT2D eigenvalue weighted by Gasteiger charge is -2.02. The summed E-state index contributed by atoms with van der Waals surface area (Å²) in [5.74, 6) is 2.25. The minimum atomic E-state index is 0.669. The van der Waals surface area contributed by atoms with Crippen molar-refractivity contribution in [2.45, 2.75) is 6.92 Å². The molecule has 0 spiro atoms. The van der Waals surface area contributed by atoms with Gasteiger partial charge in [-0.05, 0) is 31.2 Å². The second-order valence-corrected chi connectivity index (χ2v) is 3.46. The highest BCUT2D eigenvalue weighted by molar-refractivity contribution is 5.79. The van der Waals surface area contributed by atoms with Gasteiger partial charge in [-0.3, -0.25) is 0 Å². The van der Waals surface area contributed by atoms with Gasteiger partial charge >= 0.3 is 0 Å². The van der Waals surface area contributed by atoms with Crippen molar-refractivity contribution in [3.8, 4) is 5.75 Å². The first kappa shape index (κ1) is 11.2. The summed E-state index contributed by atoms with van der Waals surface area (Å²) in [6.07, 6.45) is 3.05. The summed E-state index contributed by atoms with van der Waals surface area (Å²) >= 11 is 0. The van der Waals surface area contributed by atoms with Crippen molar-refractivity contribution in [3.05, 3.63) is 60.8 Å². The zero-order valence-corrected chi connectivity index (χ0v) is 9.59. The molecule has 2 aromatic rings. The van der Waals surface area contributed by atoms with Crippen LogP contribution in [0, 0.1) is 6.92 Å². The minimum absolute atomic E-state index is 0.669. The van der Waals surface area contributed by atoms with Crippen molar-refractivity contribution in [3.63, 3.8) is 0 Å². The van der Waals surface area contributed by atoms with Crippen molar-refractivity contribution in [1.82, 2.24) is 0 Å². The first-order valence-corrected chi connectivity index (χ1v) is 5.26. The molecule has 0 aliphatic rings. The Morgan fingerprint density at radius 1 is 1.24 bits per heavy atom. The van der Waals surface area contributed by atoms with Crippen molar-refractivity contribution < 1.29 is 9.15 Å². The smallest absolute Gasteiger partial charge is 0.152 e. The largest absolute Gasteiger partial charge is 0.463 e. The van der Waals surface area contributed by atoms with Gasteiger partial charge in [-0.15, -0.1) is 0 Å². The lowest BCUT2D eigenvalue weighted by Crippen LogP contribution is -1.82. The maximum absolute atomic E-state index is 5.39. The van der Waals surface area contributed by atoms with E-state index in [9.17, 15) is 0 Å². The van der Waals surface area contributed by atoms with E-state index in [1.54, 1.807) is 6.21 Å². The van der Waals surface area contributed by atoms with Crippen LogP contribution in [0.1, 0.15) is 11.5 Å². The van der Waals surface area contributed by atoms with E-state index in [4.69, 9.17) is 9.15 Å². The zero-order chi connectivity index (χ0) is 12.1. The Hall–Kier alpha value is -2.29. The average molecular weight is 227 g/mol. The number of hydrogen-bond donors (Lipinski definition) is 0. The van der Waals surface area contributed by atoms with Crippen molar-refractivity contribution in [2.75, 3.05) is 0 Å². The Balaban J connectivity index is 2.23. The van der Waals surface area contributed by atoms with Crippen molar-refractivity contribution >= 4 is 11.9 Å². The van der Waals surface area contributed by atoms with E-state index in [1.807, 2.05) is 43.3 Å². The Labute approximate surface area is 100 Å². The topological polar surface area (TPSA) is 34.7 Å². The van der Waals surface area contributed by atoms with Gasteiger partial charge < -0.3 is 9.15 Å². The van der Waals surface area contributed by atoms with Crippen LogP contribution in [-0.2, 0) is 0 Å². The van der Waals surface area contributed by atoms with Crippen LogP contribution >= 0.6 is 0 Å². The number of rotatable bonds is 4. The van der Waals surface area contributed by atoms with Crippen molar-refractivity contribution in [2.24, 2.45) is 4.99 Å². The van der Waals surface area contributed by atoms with Gasteiger partial charge in [-0.2, -0.15) is 0 Å². The monoisotopic (exact) mass is 227 g/mol. The SMILES string of the molecule is C=COc1ccccc1N=Cc1ccc(C)o1. The number of furan rings is 1. The maximum atomic E-state index is 5.39. The number of para-hydroxylation sites is 2. The van der Waals surface area contributed by atoms with E-state index >= 15 is 0 Å². The normalized spacial score (nSPS) is 10.6. The lowest BCUT2D eigenvalue weighted by molar-refractivity contribution is 0.485. The highest BCUT2D eigenvalue weighted by Crippen LogP contribution is 2.26. The van der Waals surface area contributed by atoms with Crippen LogP contribution in [0.4, 0.5) is 5.69 Å². The number of nitrogens with zero attached hydrogens (tertiary/aromatic N) is 1. The average Bonchev–Trinajstić information content (AvgIpc) is 2.74. The summed E-state index contributed by atoms with van der Waals surface area (Å²) in [5.41, 5.74) is 0.737. The van der Waals surface area contributed by atoms with Crippen molar-refractivity contribution in [1.29, 1.82) is 0 Å². The molecular weight excluding hydrogens is 214 g/mol. The molecular formula is C14H13NO2. The molecule has 0 aliphatic carbocycles. The Bertz CT molecular complexity index is 541. The summed E-state index contributed by atoms with van der Waals surface area (Å²) in [5, 5.41) is 0. The molecule has 1 aromatic heterocycles. The van der Waals surface area contributed by atoms with Gasteiger partial charge in [0.05, 0.1) is 12.5 Å². The second-order valence-electron chi connectivity index (χ2n) is 3.46. The molecule has 0 amide bonds. The van der Waals surface area contributed by atoms with E-state index < -0.39 is 0 Å². The number of aliphatic imine (C=N–C) groups is 1. The fourth-order valence-corrected chi connectivity index (χ4v) is 1.41. The quantitative estimate of drug-likeness (QED) is 0.587. The van der Waals surface area contributed by atoms with Crippen LogP contribution in [0.25, 0.3) is 0 Å². The van der Waals surface area contributed by atoms with Crippen LogP contribution in [0.5, 0.6) is 5.75 Å². The Kier molecular flexibility index (Phi) is 3.40. The predicted octanol–water partition coefficient (Wildman–Crippen LogP) is 3.86. The van der Waals surface area contributed by atoms with Crippen LogP contribution in [-0.4, -0.2) is 6.21 Å². The van der Waals surface area contributed by atoms with Gasteiger partial charge in [-0.25, -0.2) is 4.99 Å². The molecule has 2 rings (SSSR count). The van der Waals surface area contributed by atoms with Gasteiger partial charge in [0, 0.05) is 0 Å². The van der Waals surface area contributed by atoms with Gasteiger partial charge in [0.2, 0.25) is 0 Å². The van der Waals surface area contributed by atoms with Gasteiger partial charge in [0.25, 0.3) is 0 Å². The van der Waals surface area contributed by atoms with Crippen LogP contribution in [0.15, 0.2) is 58.6 Å². The van der Waals surface area contributed by atoms with Gasteiger partial charge in [0.15, 0.2) is 5.75 Å². The van der Waals surface area contributed by atoms with E-state index in [2.05, 4.69) is 11.6 Å². The molecule has 17 heavy (non-hydrogen) atoms. The van der Waals surface area contributed by atoms with E-state index in [0.717, 1.165) is 17.2 Å². The van der Waals surface area contributed by atoms with E-state index in [1.165, 1.54) is 6.26 Å². The number of hydrogen-bond acceptors (Lipinski definition) is 3. The predicted molar refractivity (Wildman–Crippen MR) is 68.0 cm³/mol. The van der Waals surface area contributed by atoms with Gasteiger partial charge in [-0.1, -0.05) is 18.7 Å². The van der Waals surface area contributed by atoms with Gasteiger partial charge in [0.1, 0.15) is 17.2 Å². The van der Waals surface area contributed by atoms with Crippen LogP contribution in [0.2, 0.25) is 0 Å². The maximum Gasteiger partial charge on any atom is 0.152 e. The van der Waals surface area contributed by atoms with E-state index in [-0.39, 0.29) is 0 Å². The summed E-state index contributed by atoms with van der Waals surface area (Å²) < 4.78 is 10.6. The minimum Gasteiger partial charge on any atom is -0.463 e. The first-order chi connectivity index (χ1) is 8.29. The number of aryl methyl sites for hydroxylation is 1. The molecule has 1 aromatic carbocycles. The summed E-state index contributed by atoms with van der Waals surface area (Å²) in [6, 6.07) is 11.3. The molecule has 0 radical (unpaired) electrons. The molecule has 86 valence electrons. The highest BCUT2D eigenvalue weighted by atomic mass is 16.5. The molecule has 3 heteroatoms. The molecule has 0 aliphatic heterocycles. The first-order valence-electron chi connectivity index (χ1n) is 5.26. The standard InChI is InChI=1S/C14H13NO2/c1-3-16-14-7-5-4-6-13(14)15-10-12-9-8-11(2)17-12/h3-10H,1H2,2H3. The molecule has 0 saturated carbocycles. The molecule has 0 bridgehead atoms. The van der Waals surface area contributed by atoms with Crippen LogP contribution in [0.3, 0.4) is 0 Å². The third-order valence-corrected chi connectivity index (χ3v) is 2.17. The fourth-order valence-electron chi connectivity index (χ4n) is 1.41. The number of ether oxygens (including phenoxy) is 1. The Morgan fingerprint density at radius 3 is 2.76 bits per heavy atom. The third-order valence-electron chi connectivity index (χ3n) is 2.17. The second kappa shape index (κ2) is 5.16. The molecule has 3 nitrogen and oxygen atoms in total. The third kappa shape index (κ3) is 2.84.